The van der Waals surface area contributed by atoms with E-state index >= 15 is 0 Å². The van der Waals surface area contributed by atoms with Gasteiger partial charge in [-0.05, 0) is 11.1 Å². The monoisotopic (exact) mass is 335 g/mol. The first-order valence-corrected chi connectivity index (χ1v) is 7.22. The molecule has 1 aliphatic rings. The lowest BCUT2D eigenvalue weighted by molar-refractivity contribution is -0.183. The number of hydrogen-bond acceptors (Lipinski definition) is 6. The summed E-state index contributed by atoms with van der Waals surface area (Å²) in [5, 5.41) is 9.23. The van der Waals surface area contributed by atoms with Gasteiger partial charge in [0.2, 0.25) is 12.2 Å². The predicted octanol–water partition coefficient (Wildman–Crippen LogP) is 0.477. The molecule has 0 saturated heterocycles. The fourth-order valence-corrected chi connectivity index (χ4v) is 2.51. The van der Waals surface area contributed by atoms with Gasteiger partial charge in [-0.15, -0.1) is 0 Å². The van der Waals surface area contributed by atoms with E-state index in [9.17, 15) is 24.3 Å². The van der Waals surface area contributed by atoms with Gasteiger partial charge in [-0.2, -0.15) is 0 Å². The van der Waals surface area contributed by atoms with Crippen molar-refractivity contribution < 1.29 is 33.8 Å². The van der Waals surface area contributed by atoms with Crippen LogP contribution in [-0.2, 0) is 41.7 Å². The van der Waals surface area contributed by atoms with Gasteiger partial charge >= 0.3 is 17.9 Å². The highest BCUT2D eigenvalue weighted by molar-refractivity contribution is 5.91. The highest BCUT2D eigenvalue weighted by atomic mass is 16.6. The maximum Gasteiger partial charge on any atom is 0.349 e. The molecule has 24 heavy (non-hydrogen) atoms. The Hall–Kier alpha value is -2.90. The quantitative estimate of drug-likeness (QED) is 0.779. The maximum absolute atomic E-state index is 12.7. The number of carbonyl (C=O) groups is 4. The number of nitrogens with zero attached hydrogens (tertiary/aromatic N) is 1. The molecule has 0 fully saturated rings. The number of ether oxygens (including phenoxy) is 2. The zero-order chi connectivity index (χ0) is 17.9. The van der Waals surface area contributed by atoms with Crippen LogP contribution in [0.5, 0.6) is 0 Å². The Bertz CT molecular complexity index is 660. The van der Waals surface area contributed by atoms with Crippen LogP contribution in [0.2, 0.25) is 0 Å². The number of carboxylic acids is 1. The smallest absolute Gasteiger partial charge is 0.349 e. The Morgan fingerprint density at radius 3 is 1.83 bits per heavy atom. The topological polar surface area (TPSA) is 110 Å². The molecule has 8 nitrogen and oxygen atoms in total. The van der Waals surface area contributed by atoms with Gasteiger partial charge < -0.3 is 19.5 Å². The molecule has 2 rings (SSSR count). The molecule has 1 aromatic carbocycles. The average molecular weight is 335 g/mol. The molecule has 0 radical (unpaired) electrons. The Morgan fingerprint density at radius 2 is 1.42 bits per heavy atom. The number of rotatable bonds is 5. The minimum Gasteiger partial charge on any atom is -0.478 e. The first kappa shape index (κ1) is 17.5. The summed E-state index contributed by atoms with van der Waals surface area (Å²) in [7, 11) is 0. The molecule has 8 heteroatoms. The number of benzene rings is 1. The van der Waals surface area contributed by atoms with Gasteiger partial charge in [-0.3, -0.25) is 14.4 Å². The van der Waals surface area contributed by atoms with E-state index in [1.54, 1.807) is 0 Å². The largest absolute Gasteiger partial charge is 0.478 e. The van der Waals surface area contributed by atoms with Gasteiger partial charge in [0.25, 0.3) is 5.91 Å². The Morgan fingerprint density at radius 1 is 0.958 bits per heavy atom. The zero-order valence-corrected chi connectivity index (χ0v) is 13.2. The van der Waals surface area contributed by atoms with Gasteiger partial charge in [0, 0.05) is 26.9 Å². The van der Waals surface area contributed by atoms with E-state index in [0.717, 1.165) is 25.0 Å². The van der Waals surface area contributed by atoms with Gasteiger partial charge in [0.1, 0.15) is 0 Å². The molecule has 1 aliphatic heterocycles. The molecule has 1 amide bonds. The van der Waals surface area contributed by atoms with Crippen molar-refractivity contribution in [1.82, 2.24) is 4.90 Å². The second kappa shape index (κ2) is 7.12. The van der Waals surface area contributed by atoms with Crippen molar-refractivity contribution in [2.24, 2.45) is 0 Å². The molecule has 0 saturated carbocycles. The van der Waals surface area contributed by atoms with Crippen LogP contribution in [0.1, 0.15) is 25.0 Å². The third kappa shape index (κ3) is 3.89. The first-order valence-electron chi connectivity index (χ1n) is 7.22. The summed E-state index contributed by atoms with van der Waals surface area (Å²) in [6, 6.07) is 7.36. The summed E-state index contributed by atoms with van der Waals surface area (Å²) in [6.45, 7) is 2.58. The standard InChI is InChI=1S/C16H17NO7/c1-9(18)23-13(14(16(21)22)24-10(2)19)15(20)17-7-11-5-3-4-6-12(11)8-17/h3-6,13-14H,7-8H2,1-2H3,(H,21,22)/t13-,14+/m1/s1. The van der Waals surface area contributed by atoms with Crippen molar-refractivity contribution in [3.05, 3.63) is 35.4 Å². The van der Waals surface area contributed by atoms with Crippen LogP contribution in [0.3, 0.4) is 0 Å². The van der Waals surface area contributed by atoms with Crippen LogP contribution >= 0.6 is 0 Å². The van der Waals surface area contributed by atoms with Crippen LogP contribution in [0.25, 0.3) is 0 Å². The molecule has 128 valence electrons. The second-order valence-corrected chi connectivity index (χ2v) is 5.36. The predicted molar refractivity (Wildman–Crippen MR) is 79.4 cm³/mol. The molecule has 0 spiro atoms. The van der Waals surface area contributed by atoms with Crippen molar-refractivity contribution in [3.8, 4) is 0 Å². The first-order chi connectivity index (χ1) is 11.3. The molecular weight excluding hydrogens is 318 g/mol. The van der Waals surface area contributed by atoms with Crippen molar-refractivity contribution in [3.63, 3.8) is 0 Å². The number of carboxylic acid groups (broad SMARTS) is 1. The van der Waals surface area contributed by atoms with Gasteiger partial charge in [-0.25, -0.2) is 4.79 Å². The Balaban J connectivity index is 2.24. The van der Waals surface area contributed by atoms with E-state index < -0.39 is 36.0 Å². The number of carbonyl (C=O) groups excluding carboxylic acids is 3. The Kier molecular flexibility index (Phi) is 5.18. The van der Waals surface area contributed by atoms with Crippen molar-refractivity contribution >= 4 is 23.8 Å². The lowest BCUT2D eigenvalue weighted by Gasteiger charge is -2.26. The molecule has 0 bridgehead atoms. The normalized spacial score (nSPS) is 15.2. The van der Waals surface area contributed by atoms with E-state index in [1.165, 1.54) is 4.90 Å². The van der Waals surface area contributed by atoms with Gasteiger partial charge in [-0.1, -0.05) is 24.3 Å². The highest BCUT2D eigenvalue weighted by Gasteiger charge is 2.42. The molecule has 1 heterocycles. The van der Waals surface area contributed by atoms with Crippen molar-refractivity contribution in [1.29, 1.82) is 0 Å². The Labute approximate surface area is 138 Å². The molecule has 0 unspecified atom stereocenters. The number of hydrogen-bond donors (Lipinski definition) is 1. The second-order valence-electron chi connectivity index (χ2n) is 5.36. The number of fused-ring (bicyclic) bond motifs is 1. The summed E-state index contributed by atoms with van der Waals surface area (Å²) in [5.41, 5.74) is 1.85. The van der Waals surface area contributed by atoms with Gasteiger partial charge in [0.15, 0.2) is 0 Å². The van der Waals surface area contributed by atoms with E-state index in [4.69, 9.17) is 4.74 Å². The lowest BCUT2D eigenvalue weighted by Crippen LogP contribution is -2.50. The molecule has 1 N–H and O–H groups in total. The summed E-state index contributed by atoms with van der Waals surface area (Å²) in [6.07, 6.45) is -3.64. The van der Waals surface area contributed by atoms with Crippen LogP contribution in [-0.4, -0.2) is 46.0 Å². The average Bonchev–Trinajstić information content (AvgIpc) is 2.93. The summed E-state index contributed by atoms with van der Waals surface area (Å²) >= 11 is 0. The van der Waals surface area contributed by atoms with Crippen molar-refractivity contribution in [2.45, 2.75) is 39.1 Å². The SMILES string of the molecule is CC(=O)O[C@H](C(=O)O)[C@@H](OC(C)=O)C(=O)N1Cc2ccccc2C1. The zero-order valence-electron chi connectivity index (χ0n) is 13.2. The van der Waals surface area contributed by atoms with Crippen LogP contribution in [0.15, 0.2) is 24.3 Å². The fraction of sp³-hybridized carbons (Fsp3) is 0.375. The van der Waals surface area contributed by atoms with E-state index in [-0.39, 0.29) is 13.1 Å². The van der Waals surface area contributed by atoms with Crippen LogP contribution in [0.4, 0.5) is 0 Å². The third-order valence-electron chi connectivity index (χ3n) is 3.50. The summed E-state index contributed by atoms with van der Waals surface area (Å²) in [4.78, 5) is 47.8. The number of aliphatic carboxylic acids is 1. The highest BCUT2D eigenvalue weighted by Crippen LogP contribution is 2.24. The molecular formula is C16H17NO7. The number of amides is 1. The minimum absolute atomic E-state index is 0.263. The fourth-order valence-electron chi connectivity index (χ4n) is 2.51. The third-order valence-corrected chi connectivity index (χ3v) is 3.50. The lowest BCUT2D eigenvalue weighted by atomic mass is 10.1. The minimum atomic E-state index is -1.90. The summed E-state index contributed by atoms with van der Waals surface area (Å²) < 4.78 is 9.53. The molecule has 0 aromatic heterocycles. The maximum atomic E-state index is 12.7. The number of esters is 2. The summed E-state index contributed by atoms with van der Waals surface area (Å²) in [5.74, 6) is -4.03. The van der Waals surface area contributed by atoms with E-state index in [0.29, 0.717) is 0 Å². The molecule has 1 aromatic rings. The molecule has 0 aliphatic carbocycles. The van der Waals surface area contributed by atoms with Crippen LogP contribution < -0.4 is 0 Å². The van der Waals surface area contributed by atoms with E-state index in [2.05, 4.69) is 4.74 Å². The van der Waals surface area contributed by atoms with Crippen LogP contribution in [0, 0.1) is 0 Å². The van der Waals surface area contributed by atoms with Crippen molar-refractivity contribution in [2.75, 3.05) is 0 Å². The van der Waals surface area contributed by atoms with E-state index in [1.807, 2.05) is 24.3 Å². The molecule has 2 atom stereocenters. The van der Waals surface area contributed by atoms with Gasteiger partial charge in [0.05, 0.1) is 0 Å².